The molecule has 2 heterocycles. The number of aryl methyl sites for hydroxylation is 1. The average molecular weight is 431 g/mol. The summed E-state index contributed by atoms with van der Waals surface area (Å²) < 4.78 is 6.11. The van der Waals surface area contributed by atoms with Gasteiger partial charge in [0.2, 0.25) is 0 Å². The van der Waals surface area contributed by atoms with E-state index in [4.69, 9.17) is 4.74 Å². The van der Waals surface area contributed by atoms with Gasteiger partial charge in [-0.25, -0.2) is 4.98 Å². The minimum Gasteiger partial charge on any atom is -0.485 e. The number of piperazine rings is 1. The fraction of sp³-hybridized carbons (Fsp3) is 0.370. The number of unbranched alkanes of at least 4 members (excludes halogenated alkanes) is 1. The maximum atomic E-state index is 6.11. The molecule has 1 aliphatic rings. The van der Waals surface area contributed by atoms with Crippen LogP contribution in [-0.4, -0.2) is 49.2 Å². The fourth-order valence-corrected chi connectivity index (χ4v) is 4.02. The molecule has 3 aromatic rings. The molecule has 1 saturated heterocycles. The average Bonchev–Trinajstić information content (AvgIpc) is 2.85. The van der Waals surface area contributed by atoms with Gasteiger partial charge in [0.15, 0.2) is 11.6 Å². The molecule has 0 unspecified atom stereocenters. The lowest BCUT2D eigenvalue weighted by molar-refractivity contribution is 0.251. The number of benzene rings is 2. The summed E-state index contributed by atoms with van der Waals surface area (Å²) in [5, 5.41) is 3.52. The lowest BCUT2D eigenvalue weighted by Gasteiger charge is -2.36. The highest BCUT2D eigenvalue weighted by Gasteiger charge is 2.20. The quantitative estimate of drug-likeness (QED) is 0.459. The largest absolute Gasteiger partial charge is 0.485 e. The number of aromatic nitrogens is 1. The highest BCUT2D eigenvalue weighted by Crippen LogP contribution is 2.27. The number of anilines is 2. The topological polar surface area (TPSA) is 40.6 Å². The van der Waals surface area contributed by atoms with Gasteiger partial charge in [0.1, 0.15) is 6.61 Å². The Balaban J connectivity index is 1.18. The molecule has 32 heavy (non-hydrogen) atoms. The van der Waals surface area contributed by atoms with E-state index in [1.54, 1.807) is 0 Å². The molecule has 0 radical (unpaired) electrons. The molecule has 4 rings (SSSR count). The molecule has 0 atom stereocenters. The Bertz CT molecular complexity index is 937. The molecule has 5 nitrogen and oxygen atoms in total. The third-order valence-corrected chi connectivity index (χ3v) is 5.94. The van der Waals surface area contributed by atoms with Crippen LogP contribution in [0.4, 0.5) is 11.5 Å². The molecule has 5 heteroatoms. The summed E-state index contributed by atoms with van der Waals surface area (Å²) in [5.74, 6) is 1.83. The number of pyridine rings is 1. The maximum Gasteiger partial charge on any atom is 0.171 e. The van der Waals surface area contributed by atoms with Crippen LogP contribution in [0.5, 0.6) is 5.75 Å². The first-order valence-electron chi connectivity index (χ1n) is 11.7. The van der Waals surface area contributed by atoms with Crippen molar-refractivity contribution >= 4 is 11.5 Å². The normalized spacial score (nSPS) is 14.3. The van der Waals surface area contributed by atoms with Crippen LogP contribution in [0.2, 0.25) is 0 Å². The van der Waals surface area contributed by atoms with E-state index in [9.17, 15) is 0 Å². The van der Waals surface area contributed by atoms with E-state index in [2.05, 4.69) is 63.4 Å². The Morgan fingerprint density at radius 1 is 0.875 bits per heavy atom. The summed E-state index contributed by atoms with van der Waals surface area (Å²) in [6.07, 6.45) is 4.26. The summed E-state index contributed by atoms with van der Waals surface area (Å²) in [6, 6.07) is 22.9. The minimum atomic E-state index is 0.566. The second kappa shape index (κ2) is 11.5. The van der Waals surface area contributed by atoms with Crippen molar-refractivity contribution in [2.45, 2.75) is 26.4 Å². The summed E-state index contributed by atoms with van der Waals surface area (Å²) in [5.41, 5.74) is 3.68. The van der Waals surface area contributed by atoms with Crippen LogP contribution in [0.1, 0.15) is 24.0 Å². The molecule has 0 spiro atoms. The summed E-state index contributed by atoms with van der Waals surface area (Å²) in [6.45, 7) is 8.98. The van der Waals surface area contributed by atoms with Gasteiger partial charge < -0.3 is 15.0 Å². The smallest absolute Gasteiger partial charge is 0.171 e. The Morgan fingerprint density at radius 2 is 1.66 bits per heavy atom. The Labute approximate surface area is 192 Å². The molecule has 0 bridgehead atoms. The molecule has 2 aromatic carbocycles. The summed E-state index contributed by atoms with van der Waals surface area (Å²) >= 11 is 0. The monoisotopic (exact) mass is 430 g/mol. The molecule has 1 aromatic heterocycles. The first-order chi connectivity index (χ1) is 15.8. The van der Waals surface area contributed by atoms with Crippen LogP contribution in [-0.2, 0) is 6.61 Å². The predicted molar refractivity (Wildman–Crippen MR) is 133 cm³/mol. The van der Waals surface area contributed by atoms with Gasteiger partial charge in [-0.15, -0.1) is 0 Å². The lowest BCUT2D eigenvalue weighted by Crippen LogP contribution is -2.47. The molecule has 1 N–H and O–H groups in total. The van der Waals surface area contributed by atoms with E-state index in [-0.39, 0.29) is 0 Å². The van der Waals surface area contributed by atoms with E-state index in [1.807, 2.05) is 36.5 Å². The van der Waals surface area contributed by atoms with E-state index >= 15 is 0 Å². The van der Waals surface area contributed by atoms with E-state index in [0.29, 0.717) is 6.61 Å². The van der Waals surface area contributed by atoms with Gasteiger partial charge in [-0.05, 0) is 56.1 Å². The van der Waals surface area contributed by atoms with Crippen molar-refractivity contribution < 1.29 is 4.74 Å². The molecule has 168 valence electrons. The number of rotatable bonds is 10. The van der Waals surface area contributed by atoms with Gasteiger partial charge in [0, 0.05) is 44.6 Å². The van der Waals surface area contributed by atoms with Crippen LogP contribution < -0.4 is 15.0 Å². The van der Waals surface area contributed by atoms with E-state index < -0.39 is 0 Å². The van der Waals surface area contributed by atoms with Crippen LogP contribution in [0.25, 0.3) is 0 Å². The highest BCUT2D eigenvalue weighted by molar-refractivity contribution is 5.52. The Morgan fingerprint density at radius 3 is 2.44 bits per heavy atom. The number of hydrogen-bond donors (Lipinski definition) is 1. The van der Waals surface area contributed by atoms with Crippen molar-refractivity contribution in [2.75, 3.05) is 49.5 Å². The molecule has 0 saturated carbocycles. The zero-order valence-corrected chi connectivity index (χ0v) is 19.0. The second-order valence-electron chi connectivity index (χ2n) is 8.43. The van der Waals surface area contributed by atoms with Crippen molar-refractivity contribution in [3.63, 3.8) is 0 Å². The van der Waals surface area contributed by atoms with Gasteiger partial charge in [-0.2, -0.15) is 0 Å². The van der Waals surface area contributed by atoms with Gasteiger partial charge in [-0.3, -0.25) is 4.90 Å². The minimum absolute atomic E-state index is 0.566. The zero-order valence-electron chi connectivity index (χ0n) is 19.0. The van der Waals surface area contributed by atoms with Crippen molar-refractivity contribution in [1.29, 1.82) is 0 Å². The van der Waals surface area contributed by atoms with E-state index in [0.717, 1.165) is 50.8 Å². The third-order valence-electron chi connectivity index (χ3n) is 5.94. The first-order valence-corrected chi connectivity index (χ1v) is 11.7. The molecule has 1 aliphatic heterocycles. The zero-order chi connectivity index (χ0) is 22.0. The maximum absolute atomic E-state index is 6.11. The van der Waals surface area contributed by atoms with Crippen molar-refractivity contribution in [1.82, 2.24) is 9.88 Å². The number of ether oxygens (including phenoxy) is 1. The van der Waals surface area contributed by atoms with Gasteiger partial charge in [-0.1, -0.05) is 48.0 Å². The number of nitrogens with one attached hydrogen (secondary N) is 1. The van der Waals surface area contributed by atoms with Crippen LogP contribution in [0, 0.1) is 6.92 Å². The first kappa shape index (κ1) is 22.2. The lowest BCUT2D eigenvalue weighted by atomic mass is 10.2. The van der Waals surface area contributed by atoms with E-state index in [1.165, 1.54) is 29.7 Å². The molecular weight excluding hydrogens is 396 g/mol. The summed E-state index contributed by atoms with van der Waals surface area (Å²) in [4.78, 5) is 9.56. The van der Waals surface area contributed by atoms with Gasteiger partial charge in [0.05, 0.1) is 0 Å². The van der Waals surface area contributed by atoms with Crippen molar-refractivity contribution in [3.8, 4) is 5.75 Å². The highest BCUT2D eigenvalue weighted by atomic mass is 16.5. The molecule has 0 amide bonds. The summed E-state index contributed by atoms with van der Waals surface area (Å²) in [7, 11) is 0. The molecular formula is C27H34N4O. The molecule has 1 fully saturated rings. The number of hydrogen-bond acceptors (Lipinski definition) is 5. The van der Waals surface area contributed by atoms with Crippen molar-refractivity contribution in [2.24, 2.45) is 0 Å². The van der Waals surface area contributed by atoms with Crippen LogP contribution >= 0.6 is 0 Å². The standard InChI is InChI=1S/C27H34N4O/c1-23-11-13-25(14-12-23)28-15-5-6-17-30-18-20-31(21-19-30)27-26(10-7-16-29-27)32-22-24-8-3-2-4-9-24/h2-4,7-14,16,28H,5-6,15,17-22H2,1H3. The van der Waals surface area contributed by atoms with Crippen molar-refractivity contribution in [3.05, 3.63) is 84.1 Å². The van der Waals surface area contributed by atoms with Crippen LogP contribution in [0.3, 0.4) is 0 Å². The number of nitrogens with zero attached hydrogens (tertiary/aromatic N) is 3. The van der Waals surface area contributed by atoms with Crippen LogP contribution in [0.15, 0.2) is 72.9 Å². The second-order valence-corrected chi connectivity index (χ2v) is 8.43. The van der Waals surface area contributed by atoms with Gasteiger partial charge >= 0.3 is 0 Å². The van der Waals surface area contributed by atoms with Gasteiger partial charge in [0.25, 0.3) is 0 Å². The Kier molecular flexibility index (Phi) is 7.99. The third kappa shape index (κ3) is 6.47. The Hall–Kier alpha value is -3.05. The fourth-order valence-electron chi connectivity index (χ4n) is 4.02. The predicted octanol–water partition coefficient (Wildman–Crippen LogP) is 4.98. The molecule has 0 aliphatic carbocycles. The SMILES string of the molecule is Cc1ccc(NCCCCN2CCN(c3ncccc3OCc3ccccc3)CC2)cc1.